The van der Waals surface area contributed by atoms with Gasteiger partial charge in [0.2, 0.25) is 0 Å². The molecule has 2 aliphatic carbocycles. The lowest BCUT2D eigenvalue weighted by Crippen LogP contribution is -2.33. The van der Waals surface area contributed by atoms with Crippen molar-refractivity contribution in [3.8, 4) is 0 Å². The topological polar surface area (TPSA) is 37.7 Å². The van der Waals surface area contributed by atoms with Crippen LogP contribution in [0.15, 0.2) is 64.9 Å². The molecule has 0 bridgehead atoms. The van der Waals surface area contributed by atoms with Gasteiger partial charge in [0, 0.05) is 18.8 Å². The molecule has 0 saturated heterocycles. The van der Waals surface area contributed by atoms with Crippen molar-refractivity contribution in [1.82, 2.24) is 4.98 Å². The van der Waals surface area contributed by atoms with E-state index in [9.17, 15) is 0 Å². The first-order valence-electron chi connectivity index (χ1n) is 12.7. The molecule has 176 valence electrons. The minimum Gasteiger partial charge on any atom is -0.268 e. The molecule has 4 heteroatoms. The highest BCUT2D eigenvalue weighted by Crippen LogP contribution is 2.39. The first kappa shape index (κ1) is 23.7. The summed E-state index contributed by atoms with van der Waals surface area (Å²) in [4.78, 5) is 15.9. The number of nitrogens with zero attached hydrogens (tertiary/aromatic N) is 3. The summed E-state index contributed by atoms with van der Waals surface area (Å²) < 4.78 is 0. The average Bonchev–Trinajstić information content (AvgIpc) is 3.08. The van der Waals surface area contributed by atoms with E-state index < -0.39 is 0 Å². The molecule has 3 aliphatic rings. The van der Waals surface area contributed by atoms with Crippen LogP contribution in [-0.2, 0) is 4.84 Å². The number of hydrogen-bond donors (Lipinski definition) is 0. The van der Waals surface area contributed by atoms with Crippen LogP contribution in [0.2, 0.25) is 0 Å². The highest BCUT2D eigenvalue weighted by Gasteiger charge is 2.25. The predicted molar refractivity (Wildman–Crippen MR) is 139 cm³/mol. The summed E-state index contributed by atoms with van der Waals surface area (Å²) in [5.74, 6) is 2.63. The third-order valence-electron chi connectivity index (χ3n) is 7.06. The van der Waals surface area contributed by atoms with Gasteiger partial charge in [-0.3, -0.25) is 4.84 Å². The van der Waals surface area contributed by atoms with Crippen LogP contribution in [0.5, 0.6) is 0 Å². The Bertz CT molecular complexity index is 969. The minimum absolute atomic E-state index is 0.196. The van der Waals surface area contributed by atoms with E-state index in [1.807, 2.05) is 11.3 Å². The summed E-state index contributed by atoms with van der Waals surface area (Å²) in [5.41, 5.74) is 4.81. The van der Waals surface area contributed by atoms with Crippen LogP contribution in [0.4, 0.5) is 11.5 Å². The molecule has 0 N–H and O–H groups in total. The van der Waals surface area contributed by atoms with Crippen molar-refractivity contribution in [1.29, 1.82) is 0 Å². The summed E-state index contributed by atoms with van der Waals surface area (Å²) in [6, 6.07) is 2.49. The molecular formula is C29H39N3O. The van der Waals surface area contributed by atoms with Gasteiger partial charge in [-0.2, -0.15) is 0 Å². The zero-order chi connectivity index (χ0) is 23.2. The Morgan fingerprint density at radius 1 is 1.09 bits per heavy atom. The number of aromatic nitrogens is 1. The van der Waals surface area contributed by atoms with E-state index in [2.05, 4.69) is 81.4 Å². The van der Waals surface area contributed by atoms with Crippen LogP contribution in [0.3, 0.4) is 0 Å². The Kier molecular flexibility index (Phi) is 7.97. The lowest BCUT2D eigenvalue weighted by atomic mass is 9.89. The highest BCUT2D eigenvalue weighted by atomic mass is 16.7. The van der Waals surface area contributed by atoms with E-state index in [4.69, 9.17) is 9.82 Å². The number of hydroxylamine groups is 1. The van der Waals surface area contributed by atoms with Crippen LogP contribution in [0.1, 0.15) is 77.7 Å². The molecule has 33 heavy (non-hydrogen) atoms. The van der Waals surface area contributed by atoms with Crippen LogP contribution < -0.4 is 5.06 Å². The lowest BCUT2D eigenvalue weighted by molar-refractivity contribution is 0.111. The van der Waals surface area contributed by atoms with Crippen LogP contribution in [0.25, 0.3) is 0 Å². The van der Waals surface area contributed by atoms with Crippen molar-refractivity contribution in [3.63, 3.8) is 0 Å². The van der Waals surface area contributed by atoms with Crippen LogP contribution in [-0.4, -0.2) is 23.8 Å². The summed E-state index contributed by atoms with van der Waals surface area (Å²) in [5, 5.41) is 2.05. The number of fused-ring (bicyclic) bond motifs is 1. The maximum absolute atomic E-state index is 6.44. The average molecular weight is 446 g/mol. The van der Waals surface area contributed by atoms with Crippen molar-refractivity contribution in [2.24, 2.45) is 16.8 Å². The van der Waals surface area contributed by atoms with Gasteiger partial charge in [-0.05, 0) is 60.3 Å². The van der Waals surface area contributed by atoms with Gasteiger partial charge in [0.15, 0.2) is 5.82 Å². The highest BCUT2D eigenvalue weighted by molar-refractivity contribution is 5.73. The summed E-state index contributed by atoms with van der Waals surface area (Å²) in [6.45, 7) is 9.54. The molecule has 2 heterocycles. The Labute approximate surface area is 199 Å². The molecule has 1 saturated carbocycles. The Morgan fingerprint density at radius 2 is 1.91 bits per heavy atom. The number of hydrogen-bond acceptors (Lipinski definition) is 4. The molecule has 0 aromatic carbocycles. The molecule has 3 atom stereocenters. The van der Waals surface area contributed by atoms with Crippen molar-refractivity contribution in [2.45, 2.75) is 78.2 Å². The first-order chi connectivity index (χ1) is 16.0. The van der Waals surface area contributed by atoms with Gasteiger partial charge in [-0.25, -0.2) is 15.0 Å². The molecule has 0 spiro atoms. The van der Waals surface area contributed by atoms with Crippen molar-refractivity contribution in [2.75, 3.05) is 11.7 Å². The molecule has 1 aromatic rings. The molecule has 1 aromatic heterocycles. The number of allylic oxidation sites excluding steroid dienone is 6. The van der Waals surface area contributed by atoms with E-state index in [0.717, 1.165) is 29.4 Å². The second kappa shape index (κ2) is 11.1. The number of rotatable bonds is 5. The van der Waals surface area contributed by atoms with Gasteiger partial charge in [-0.1, -0.05) is 76.5 Å². The minimum atomic E-state index is 0.196. The van der Waals surface area contributed by atoms with E-state index in [1.54, 1.807) is 0 Å². The third-order valence-corrected chi connectivity index (χ3v) is 7.06. The zero-order valence-corrected chi connectivity index (χ0v) is 20.7. The van der Waals surface area contributed by atoms with Gasteiger partial charge in [0.1, 0.15) is 5.69 Å². The van der Waals surface area contributed by atoms with Gasteiger partial charge in [-0.15, -0.1) is 0 Å². The van der Waals surface area contributed by atoms with Gasteiger partial charge in [0.05, 0.1) is 12.6 Å². The fraction of sp³-hybridized carbons (Fsp3) is 0.517. The second-order valence-electron chi connectivity index (χ2n) is 10.2. The van der Waals surface area contributed by atoms with E-state index in [1.165, 1.54) is 43.2 Å². The number of pyridine rings is 1. The van der Waals surface area contributed by atoms with Crippen molar-refractivity contribution >= 4 is 17.7 Å². The largest absolute Gasteiger partial charge is 0.268 e. The Hall–Kier alpha value is -2.46. The van der Waals surface area contributed by atoms with Gasteiger partial charge < -0.3 is 0 Å². The number of anilines is 1. The van der Waals surface area contributed by atoms with Crippen molar-refractivity contribution in [3.05, 3.63) is 65.4 Å². The van der Waals surface area contributed by atoms with Gasteiger partial charge >= 0.3 is 0 Å². The summed E-state index contributed by atoms with van der Waals surface area (Å²) in [7, 11) is 0. The van der Waals surface area contributed by atoms with Crippen LogP contribution >= 0.6 is 0 Å². The van der Waals surface area contributed by atoms with E-state index in [-0.39, 0.29) is 6.04 Å². The molecule has 1 aliphatic heterocycles. The number of aliphatic imine (C=N–C) groups is 1. The predicted octanol–water partition coefficient (Wildman–Crippen LogP) is 7.63. The van der Waals surface area contributed by atoms with E-state index in [0.29, 0.717) is 18.4 Å². The quantitative estimate of drug-likeness (QED) is 0.437. The Balaban J connectivity index is 1.53. The smallest absolute Gasteiger partial charge is 0.177 e. The first-order valence-corrected chi connectivity index (χ1v) is 12.7. The van der Waals surface area contributed by atoms with Crippen molar-refractivity contribution < 1.29 is 4.84 Å². The third kappa shape index (κ3) is 6.11. The Morgan fingerprint density at radius 3 is 2.76 bits per heavy atom. The SMILES string of the molecule is CC1CCCCC(c2cnc3c(c2)N(OCC2=CC=CC(C(C)C)=CC=C2)C(C)CC=N3)C1. The zero-order valence-electron chi connectivity index (χ0n) is 20.7. The van der Waals surface area contributed by atoms with Crippen LogP contribution in [0, 0.1) is 11.8 Å². The standard InChI is InChI=1S/C29H39N3O/c1-21(2)25-13-7-10-24(11-8-14-25)20-33-32-23(4)15-16-30-29-28(32)18-27(19-31-29)26-12-6-5-9-22(3)17-26/h7-8,10-11,13-14,16,18-19,21-23,26H,5-6,9,12,15,17,20H2,1-4H3. The monoisotopic (exact) mass is 445 g/mol. The lowest BCUT2D eigenvalue weighted by Gasteiger charge is -2.30. The molecule has 0 radical (unpaired) electrons. The normalized spacial score (nSPS) is 25.6. The van der Waals surface area contributed by atoms with Gasteiger partial charge in [0.25, 0.3) is 0 Å². The molecule has 1 fully saturated rings. The summed E-state index contributed by atoms with van der Waals surface area (Å²) in [6.07, 6.45) is 24.3. The molecule has 3 unspecified atom stereocenters. The molecule has 4 nitrogen and oxygen atoms in total. The van der Waals surface area contributed by atoms with E-state index >= 15 is 0 Å². The maximum Gasteiger partial charge on any atom is 0.177 e. The molecular weight excluding hydrogens is 406 g/mol. The summed E-state index contributed by atoms with van der Waals surface area (Å²) >= 11 is 0. The second-order valence-corrected chi connectivity index (χ2v) is 10.2. The molecule has 4 rings (SSSR count). The molecule has 0 amide bonds. The fourth-order valence-electron chi connectivity index (χ4n) is 4.98. The maximum atomic E-state index is 6.44. The fourth-order valence-corrected chi connectivity index (χ4v) is 4.98.